The molecule has 3 rings (SSSR count). The topological polar surface area (TPSA) is 46.0 Å². The van der Waals surface area contributed by atoms with E-state index in [9.17, 15) is 0 Å². The number of hydrogen-bond donors (Lipinski definition) is 1. The van der Waals surface area contributed by atoms with E-state index in [4.69, 9.17) is 0 Å². The first kappa shape index (κ1) is 11.2. The number of fused-ring (bicyclic) bond motifs is 1. The van der Waals surface area contributed by atoms with E-state index in [1.165, 1.54) is 26.1 Å². The summed E-state index contributed by atoms with van der Waals surface area (Å²) < 4.78 is 2.03. The van der Waals surface area contributed by atoms with Gasteiger partial charge in [0.15, 0.2) is 0 Å². The molecular formula is C12H21N5. The molecule has 0 radical (unpaired) electrons. The van der Waals surface area contributed by atoms with Gasteiger partial charge in [0.25, 0.3) is 0 Å². The third kappa shape index (κ3) is 1.87. The molecule has 0 spiro atoms. The Morgan fingerprint density at radius 3 is 3.06 bits per heavy atom. The standard InChI is InChI=1S/C12H21N5/c1-3-11-10-5-13-4-9(10)6-17(11)7-12-15-14-8-16(12)2/h8-11,13H,3-7H2,1-2H3. The zero-order valence-corrected chi connectivity index (χ0v) is 10.6. The fourth-order valence-electron chi connectivity index (χ4n) is 3.49. The van der Waals surface area contributed by atoms with Crippen molar-refractivity contribution >= 4 is 0 Å². The lowest BCUT2D eigenvalue weighted by Crippen LogP contribution is -2.35. The summed E-state index contributed by atoms with van der Waals surface area (Å²) in [5, 5.41) is 11.7. The van der Waals surface area contributed by atoms with E-state index in [0.717, 1.165) is 24.2 Å². The fraction of sp³-hybridized carbons (Fsp3) is 0.833. The number of aromatic nitrogens is 3. The Balaban J connectivity index is 1.73. The maximum Gasteiger partial charge on any atom is 0.146 e. The van der Waals surface area contributed by atoms with Gasteiger partial charge in [-0.3, -0.25) is 4.90 Å². The molecule has 94 valence electrons. The molecule has 1 aromatic rings. The lowest BCUT2D eigenvalue weighted by molar-refractivity contribution is 0.203. The van der Waals surface area contributed by atoms with Crippen molar-refractivity contribution in [3.05, 3.63) is 12.2 Å². The molecule has 2 fully saturated rings. The van der Waals surface area contributed by atoms with Crippen molar-refractivity contribution < 1.29 is 0 Å². The highest BCUT2D eigenvalue weighted by Crippen LogP contribution is 2.34. The van der Waals surface area contributed by atoms with Crippen LogP contribution in [0.2, 0.25) is 0 Å². The average Bonchev–Trinajstić information content (AvgIpc) is 2.96. The largest absolute Gasteiger partial charge is 0.320 e. The first-order chi connectivity index (χ1) is 8.29. The lowest BCUT2D eigenvalue weighted by atomic mass is 9.93. The van der Waals surface area contributed by atoms with Crippen molar-refractivity contribution in [1.82, 2.24) is 25.0 Å². The van der Waals surface area contributed by atoms with Gasteiger partial charge in [-0.25, -0.2) is 0 Å². The highest BCUT2D eigenvalue weighted by molar-refractivity contribution is 4.99. The molecule has 0 aliphatic carbocycles. The second-order valence-corrected chi connectivity index (χ2v) is 5.35. The highest BCUT2D eigenvalue weighted by Gasteiger charge is 2.43. The maximum atomic E-state index is 4.20. The van der Waals surface area contributed by atoms with Gasteiger partial charge in [0.05, 0.1) is 6.54 Å². The third-order valence-electron chi connectivity index (χ3n) is 4.39. The number of aryl methyl sites for hydroxylation is 1. The molecule has 17 heavy (non-hydrogen) atoms. The van der Waals surface area contributed by atoms with Crippen LogP contribution < -0.4 is 5.32 Å². The van der Waals surface area contributed by atoms with Gasteiger partial charge >= 0.3 is 0 Å². The van der Waals surface area contributed by atoms with Crippen molar-refractivity contribution in [2.75, 3.05) is 19.6 Å². The van der Waals surface area contributed by atoms with Crippen LogP contribution in [0.25, 0.3) is 0 Å². The van der Waals surface area contributed by atoms with Crippen molar-refractivity contribution in [1.29, 1.82) is 0 Å². The van der Waals surface area contributed by atoms with Crippen LogP contribution in [-0.2, 0) is 13.6 Å². The molecule has 3 atom stereocenters. The Bertz CT molecular complexity index is 388. The molecule has 0 aromatic carbocycles. The predicted molar refractivity (Wildman–Crippen MR) is 65.3 cm³/mol. The SMILES string of the molecule is CCC1C2CNCC2CN1Cc1nncn1C. The van der Waals surface area contributed by atoms with Crippen molar-refractivity contribution in [3.8, 4) is 0 Å². The summed E-state index contributed by atoms with van der Waals surface area (Å²) in [5.41, 5.74) is 0. The van der Waals surface area contributed by atoms with E-state index in [1.54, 1.807) is 6.33 Å². The fourth-order valence-corrected chi connectivity index (χ4v) is 3.49. The van der Waals surface area contributed by atoms with Crippen molar-refractivity contribution in [2.45, 2.75) is 25.9 Å². The minimum atomic E-state index is 0.715. The van der Waals surface area contributed by atoms with Gasteiger partial charge in [0.1, 0.15) is 12.2 Å². The molecule has 3 heterocycles. The highest BCUT2D eigenvalue weighted by atomic mass is 15.3. The lowest BCUT2D eigenvalue weighted by Gasteiger charge is -2.26. The van der Waals surface area contributed by atoms with Gasteiger partial charge in [-0.1, -0.05) is 6.92 Å². The normalized spacial score (nSPS) is 33.2. The molecule has 0 saturated carbocycles. The van der Waals surface area contributed by atoms with Crippen LogP contribution in [0.3, 0.4) is 0 Å². The third-order valence-corrected chi connectivity index (χ3v) is 4.39. The smallest absolute Gasteiger partial charge is 0.146 e. The van der Waals surface area contributed by atoms with Crippen LogP contribution in [0.1, 0.15) is 19.2 Å². The molecule has 5 nitrogen and oxygen atoms in total. The van der Waals surface area contributed by atoms with Gasteiger partial charge < -0.3 is 9.88 Å². The van der Waals surface area contributed by atoms with Crippen molar-refractivity contribution in [2.24, 2.45) is 18.9 Å². The Morgan fingerprint density at radius 1 is 1.47 bits per heavy atom. The monoisotopic (exact) mass is 235 g/mol. The number of nitrogens with zero attached hydrogens (tertiary/aromatic N) is 4. The van der Waals surface area contributed by atoms with Gasteiger partial charge in [-0.15, -0.1) is 10.2 Å². The first-order valence-electron chi connectivity index (χ1n) is 6.57. The second kappa shape index (κ2) is 4.38. The quantitative estimate of drug-likeness (QED) is 0.815. The number of likely N-dealkylation sites (tertiary alicyclic amines) is 1. The van der Waals surface area contributed by atoms with Crippen LogP contribution in [0.5, 0.6) is 0 Å². The van der Waals surface area contributed by atoms with Gasteiger partial charge in [-0.05, 0) is 31.3 Å². The Hall–Kier alpha value is -0.940. The zero-order chi connectivity index (χ0) is 11.8. The van der Waals surface area contributed by atoms with E-state index in [-0.39, 0.29) is 0 Å². The minimum absolute atomic E-state index is 0.715. The molecule has 2 aliphatic heterocycles. The molecule has 3 unspecified atom stereocenters. The summed E-state index contributed by atoms with van der Waals surface area (Å²) in [4.78, 5) is 2.60. The molecule has 0 amide bonds. The summed E-state index contributed by atoms with van der Waals surface area (Å²) in [6.07, 6.45) is 3.02. The average molecular weight is 235 g/mol. The van der Waals surface area contributed by atoms with E-state index >= 15 is 0 Å². The Labute approximate surface area is 102 Å². The van der Waals surface area contributed by atoms with Crippen LogP contribution in [0.15, 0.2) is 6.33 Å². The van der Waals surface area contributed by atoms with Crippen LogP contribution in [-0.4, -0.2) is 45.3 Å². The van der Waals surface area contributed by atoms with Crippen LogP contribution in [0, 0.1) is 11.8 Å². The zero-order valence-electron chi connectivity index (χ0n) is 10.6. The van der Waals surface area contributed by atoms with E-state index in [1.807, 2.05) is 11.6 Å². The molecule has 5 heteroatoms. The molecule has 2 aliphatic rings. The van der Waals surface area contributed by atoms with Crippen molar-refractivity contribution in [3.63, 3.8) is 0 Å². The molecule has 1 aromatic heterocycles. The minimum Gasteiger partial charge on any atom is -0.320 e. The molecule has 2 saturated heterocycles. The first-order valence-corrected chi connectivity index (χ1v) is 6.57. The summed E-state index contributed by atoms with van der Waals surface area (Å²) in [6.45, 7) is 6.84. The summed E-state index contributed by atoms with van der Waals surface area (Å²) in [6, 6.07) is 0.715. The van der Waals surface area contributed by atoms with Crippen LogP contribution >= 0.6 is 0 Å². The summed E-state index contributed by atoms with van der Waals surface area (Å²) in [5.74, 6) is 2.76. The van der Waals surface area contributed by atoms with Crippen LogP contribution in [0.4, 0.5) is 0 Å². The molecule has 0 bridgehead atoms. The maximum absolute atomic E-state index is 4.20. The predicted octanol–water partition coefficient (Wildman–Crippen LogP) is 0.245. The Morgan fingerprint density at radius 2 is 2.35 bits per heavy atom. The number of hydrogen-bond acceptors (Lipinski definition) is 4. The van der Waals surface area contributed by atoms with Gasteiger partial charge in [0, 0.05) is 19.6 Å². The van der Waals surface area contributed by atoms with Gasteiger partial charge in [-0.2, -0.15) is 0 Å². The van der Waals surface area contributed by atoms with E-state index in [0.29, 0.717) is 6.04 Å². The second-order valence-electron chi connectivity index (χ2n) is 5.35. The number of nitrogens with one attached hydrogen (secondary N) is 1. The van der Waals surface area contributed by atoms with Gasteiger partial charge in [0.2, 0.25) is 0 Å². The number of rotatable bonds is 3. The molecular weight excluding hydrogens is 214 g/mol. The Kier molecular flexibility index (Phi) is 2.88. The summed E-state index contributed by atoms with van der Waals surface area (Å²) >= 11 is 0. The van der Waals surface area contributed by atoms with E-state index in [2.05, 4.69) is 27.3 Å². The molecule has 1 N–H and O–H groups in total. The summed E-state index contributed by atoms with van der Waals surface area (Å²) in [7, 11) is 2.02. The van der Waals surface area contributed by atoms with E-state index < -0.39 is 0 Å².